The van der Waals surface area contributed by atoms with E-state index in [4.69, 9.17) is 0 Å². The summed E-state index contributed by atoms with van der Waals surface area (Å²) in [7, 11) is -3.16. The summed E-state index contributed by atoms with van der Waals surface area (Å²) in [5.74, 6) is 0.164. The summed E-state index contributed by atoms with van der Waals surface area (Å²) in [4.78, 5) is 14.3. The molecule has 126 valence electrons. The van der Waals surface area contributed by atoms with Gasteiger partial charge in [-0.2, -0.15) is 4.31 Å². The fraction of sp³-hybridized carbons (Fsp3) is 0.562. The molecule has 23 heavy (non-hydrogen) atoms. The van der Waals surface area contributed by atoms with E-state index >= 15 is 0 Å². The minimum Gasteiger partial charge on any atom is -0.508 e. The average Bonchev–Trinajstić information content (AvgIpc) is 2.89. The number of phenols is 1. The molecule has 2 aliphatic rings. The first-order valence-electron chi connectivity index (χ1n) is 7.97. The van der Waals surface area contributed by atoms with Gasteiger partial charge in [0.15, 0.2) is 0 Å². The molecule has 0 unspecified atom stereocenters. The Kier molecular flexibility index (Phi) is 4.33. The molecule has 0 spiro atoms. The molecule has 6 nitrogen and oxygen atoms in total. The second-order valence-electron chi connectivity index (χ2n) is 6.33. The van der Waals surface area contributed by atoms with Gasteiger partial charge in [0.25, 0.3) is 5.91 Å². The number of piperidine rings is 1. The number of hydrogen-bond acceptors (Lipinski definition) is 4. The Balaban J connectivity index is 1.75. The largest absolute Gasteiger partial charge is 0.508 e. The van der Waals surface area contributed by atoms with E-state index in [1.807, 2.05) is 0 Å². The highest BCUT2D eigenvalue weighted by molar-refractivity contribution is 7.89. The Labute approximate surface area is 136 Å². The third-order valence-electron chi connectivity index (χ3n) is 4.69. The maximum absolute atomic E-state index is 12.6. The lowest BCUT2D eigenvalue weighted by molar-refractivity contribution is 0.0658. The molecule has 0 radical (unpaired) electrons. The minimum absolute atomic E-state index is 0.103. The third kappa shape index (κ3) is 3.21. The van der Waals surface area contributed by atoms with Crippen LogP contribution in [-0.2, 0) is 10.0 Å². The average molecular weight is 338 g/mol. The first-order chi connectivity index (χ1) is 10.9. The lowest BCUT2D eigenvalue weighted by Gasteiger charge is -2.36. The molecule has 1 aromatic carbocycles. The van der Waals surface area contributed by atoms with Crippen molar-refractivity contribution in [1.82, 2.24) is 9.21 Å². The Morgan fingerprint density at radius 3 is 2.70 bits per heavy atom. The maximum atomic E-state index is 12.6. The van der Waals surface area contributed by atoms with Crippen molar-refractivity contribution in [3.63, 3.8) is 0 Å². The fourth-order valence-electron chi connectivity index (χ4n) is 3.37. The Hall–Kier alpha value is -1.60. The molecule has 0 bridgehead atoms. The lowest BCUT2D eigenvalue weighted by Crippen LogP contribution is -2.50. The monoisotopic (exact) mass is 338 g/mol. The Morgan fingerprint density at radius 1 is 1.26 bits per heavy atom. The van der Waals surface area contributed by atoms with Crippen LogP contribution in [0.4, 0.5) is 0 Å². The van der Waals surface area contributed by atoms with Gasteiger partial charge in [-0.25, -0.2) is 8.42 Å². The van der Waals surface area contributed by atoms with Gasteiger partial charge < -0.3 is 10.0 Å². The molecule has 3 rings (SSSR count). The summed E-state index contributed by atoms with van der Waals surface area (Å²) in [6.45, 7) is 3.38. The molecule has 2 heterocycles. The fourth-order valence-corrected chi connectivity index (χ4v) is 5.13. The van der Waals surface area contributed by atoms with Crippen molar-refractivity contribution in [2.45, 2.75) is 32.2 Å². The van der Waals surface area contributed by atoms with E-state index in [1.165, 1.54) is 6.07 Å². The SMILES string of the molecule is Cc1ccc(C(=O)N2CCC[C@H](N3CCCS3(=O)=O)C2)cc1O. The topological polar surface area (TPSA) is 77.9 Å². The zero-order valence-corrected chi connectivity index (χ0v) is 14.1. The van der Waals surface area contributed by atoms with Gasteiger partial charge in [-0.15, -0.1) is 0 Å². The van der Waals surface area contributed by atoms with E-state index in [9.17, 15) is 18.3 Å². The highest BCUT2D eigenvalue weighted by atomic mass is 32.2. The van der Waals surface area contributed by atoms with E-state index in [1.54, 1.807) is 28.3 Å². The number of phenolic OH excluding ortho intramolecular Hbond substituents is 1. The molecule has 1 N–H and O–H groups in total. The van der Waals surface area contributed by atoms with Crippen LogP contribution in [0.2, 0.25) is 0 Å². The van der Waals surface area contributed by atoms with Crippen LogP contribution in [0, 0.1) is 6.92 Å². The van der Waals surface area contributed by atoms with E-state index in [0.29, 0.717) is 31.6 Å². The molecule has 0 aromatic heterocycles. The first kappa shape index (κ1) is 16.3. The summed E-state index contributed by atoms with van der Waals surface area (Å²) in [6, 6.07) is 4.77. The molecule has 1 atom stereocenters. The molecule has 2 fully saturated rings. The van der Waals surface area contributed by atoms with Crippen molar-refractivity contribution in [3.05, 3.63) is 29.3 Å². The summed E-state index contributed by atoms with van der Waals surface area (Å²) >= 11 is 0. The van der Waals surface area contributed by atoms with Gasteiger partial charge in [0.1, 0.15) is 5.75 Å². The lowest BCUT2D eigenvalue weighted by atomic mass is 10.0. The second-order valence-corrected chi connectivity index (χ2v) is 8.37. The Morgan fingerprint density at radius 2 is 2.04 bits per heavy atom. The van der Waals surface area contributed by atoms with Crippen molar-refractivity contribution in [2.24, 2.45) is 0 Å². The standard InChI is InChI=1S/C16H22N2O4S/c1-12-5-6-13(10-15(12)19)16(20)17-7-2-4-14(11-17)18-8-3-9-23(18,21)22/h5-6,10,14,19H,2-4,7-9,11H2,1H3/t14-/m0/s1. The van der Waals surface area contributed by atoms with Gasteiger partial charge in [-0.1, -0.05) is 6.07 Å². The normalized spacial score (nSPS) is 24.7. The van der Waals surface area contributed by atoms with E-state index in [-0.39, 0.29) is 23.5 Å². The van der Waals surface area contributed by atoms with Crippen LogP contribution in [0.25, 0.3) is 0 Å². The number of aryl methyl sites for hydroxylation is 1. The first-order valence-corrected chi connectivity index (χ1v) is 9.58. The van der Waals surface area contributed by atoms with E-state index < -0.39 is 10.0 Å². The number of carbonyl (C=O) groups is 1. The second kappa shape index (κ2) is 6.13. The highest BCUT2D eigenvalue weighted by Gasteiger charge is 2.37. The van der Waals surface area contributed by atoms with Crippen molar-refractivity contribution < 1.29 is 18.3 Å². The van der Waals surface area contributed by atoms with Gasteiger partial charge in [-0.3, -0.25) is 4.79 Å². The van der Waals surface area contributed by atoms with Crippen LogP contribution in [0.5, 0.6) is 5.75 Å². The number of likely N-dealkylation sites (tertiary alicyclic amines) is 1. The zero-order valence-electron chi connectivity index (χ0n) is 13.2. The van der Waals surface area contributed by atoms with Crippen LogP contribution >= 0.6 is 0 Å². The third-order valence-corrected chi connectivity index (χ3v) is 6.69. The minimum atomic E-state index is -3.16. The van der Waals surface area contributed by atoms with Gasteiger partial charge in [-0.05, 0) is 43.9 Å². The number of benzene rings is 1. The molecule has 2 aliphatic heterocycles. The maximum Gasteiger partial charge on any atom is 0.254 e. The quantitative estimate of drug-likeness (QED) is 0.883. The van der Waals surface area contributed by atoms with Crippen LogP contribution in [0.15, 0.2) is 18.2 Å². The van der Waals surface area contributed by atoms with Crippen LogP contribution < -0.4 is 0 Å². The number of amides is 1. The summed E-state index contributed by atoms with van der Waals surface area (Å²) in [6.07, 6.45) is 2.25. The van der Waals surface area contributed by atoms with Gasteiger partial charge in [0, 0.05) is 31.2 Å². The predicted octanol–water partition coefficient (Wildman–Crippen LogP) is 1.34. The van der Waals surface area contributed by atoms with Gasteiger partial charge in [0.05, 0.1) is 5.75 Å². The zero-order chi connectivity index (χ0) is 16.6. The van der Waals surface area contributed by atoms with Crippen LogP contribution in [-0.4, -0.2) is 60.1 Å². The molecule has 7 heteroatoms. The highest BCUT2D eigenvalue weighted by Crippen LogP contribution is 2.25. The van der Waals surface area contributed by atoms with Crippen LogP contribution in [0.1, 0.15) is 35.2 Å². The van der Waals surface area contributed by atoms with E-state index in [0.717, 1.165) is 18.4 Å². The van der Waals surface area contributed by atoms with Gasteiger partial charge >= 0.3 is 0 Å². The molecule has 1 amide bonds. The van der Waals surface area contributed by atoms with Crippen molar-refractivity contribution in [2.75, 3.05) is 25.4 Å². The number of hydrogen-bond donors (Lipinski definition) is 1. The number of aromatic hydroxyl groups is 1. The summed E-state index contributed by atoms with van der Waals surface area (Å²) in [5.41, 5.74) is 1.17. The van der Waals surface area contributed by atoms with Crippen LogP contribution in [0.3, 0.4) is 0 Å². The van der Waals surface area contributed by atoms with Crippen molar-refractivity contribution in [1.29, 1.82) is 0 Å². The number of sulfonamides is 1. The number of nitrogens with zero attached hydrogens (tertiary/aromatic N) is 2. The Bertz CT molecular complexity index is 717. The number of rotatable bonds is 2. The van der Waals surface area contributed by atoms with Gasteiger partial charge in [0.2, 0.25) is 10.0 Å². The molecule has 0 aliphatic carbocycles. The molecular weight excluding hydrogens is 316 g/mol. The van der Waals surface area contributed by atoms with E-state index in [2.05, 4.69) is 0 Å². The predicted molar refractivity (Wildman–Crippen MR) is 86.9 cm³/mol. The summed E-state index contributed by atoms with van der Waals surface area (Å²) in [5, 5.41) is 9.78. The summed E-state index contributed by atoms with van der Waals surface area (Å²) < 4.78 is 25.7. The molecular formula is C16H22N2O4S. The molecule has 1 aromatic rings. The number of carbonyl (C=O) groups excluding carboxylic acids is 1. The molecule has 0 saturated carbocycles. The smallest absolute Gasteiger partial charge is 0.254 e. The van der Waals surface area contributed by atoms with Crippen molar-refractivity contribution in [3.8, 4) is 5.75 Å². The molecule has 2 saturated heterocycles. The van der Waals surface area contributed by atoms with Crippen molar-refractivity contribution >= 4 is 15.9 Å².